The summed E-state index contributed by atoms with van der Waals surface area (Å²) < 4.78 is 1.11. The van der Waals surface area contributed by atoms with Crippen LogP contribution >= 0.6 is 15.9 Å². The lowest BCUT2D eigenvalue weighted by molar-refractivity contribution is 0.333. The lowest BCUT2D eigenvalue weighted by Gasteiger charge is -2.26. The van der Waals surface area contributed by atoms with Crippen LogP contribution in [-0.4, -0.2) is 13.6 Å². The van der Waals surface area contributed by atoms with Crippen molar-refractivity contribution in [3.63, 3.8) is 0 Å². The van der Waals surface area contributed by atoms with Gasteiger partial charge >= 0.3 is 0 Å². The molecule has 0 aromatic heterocycles. The standard InChI is InChI=1S/C12H17BrN2/c1-14-12-7-10(13)5-6-11(12)15-8-9-3-2-4-9/h5-7,9,14-15H,2-4,8H2,1H3. The Labute approximate surface area is 99.6 Å². The Morgan fingerprint density at radius 3 is 2.73 bits per heavy atom. The van der Waals surface area contributed by atoms with E-state index in [2.05, 4.69) is 44.8 Å². The highest BCUT2D eigenvalue weighted by Gasteiger charge is 2.17. The Balaban J connectivity index is 1.99. The molecule has 1 aromatic carbocycles. The van der Waals surface area contributed by atoms with Gasteiger partial charge in [0.2, 0.25) is 0 Å². The maximum absolute atomic E-state index is 3.51. The normalized spacial score (nSPS) is 15.9. The SMILES string of the molecule is CNc1cc(Br)ccc1NCC1CCC1. The van der Waals surface area contributed by atoms with Gasteiger partial charge < -0.3 is 10.6 Å². The molecule has 0 spiro atoms. The number of hydrogen-bond acceptors (Lipinski definition) is 2. The molecule has 2 N–H and O–H groups in total. The summed E-state index contributed by atoms with van der Waals surface area (Å²) in [6, 6.07) is 6.29. The average molecular weight is 269 g/mol. The average Bonchev–Trinajstić information content (AvgIpc) is 2.17. The van der Waals surface area contributed by atoms with Gasteiger partial charge in [-0.1, -0.05) is 22.4 Å². The Morgan fingerprint density at radius 1 is 1.33 bits per heavy atom. The lowest BCUT2D eigenvalue weighted by atomic mass is 9.85. The van der Waals surface area contributed by atoms with Crippen molar-refractivity contribution in [2.75, 3.05) is 24.2 Å². The zero-order valence-electron chi connectivity index (χ0n) is 9.02. The molecule has 0 atom stereocenters. The van der Waals surface area contributed by atoms with E-state index in [9.17, 15) is 0 Å². The van der Waals surface area contributed by atoms with Crippen molar-refractivity contribution in [1.82, 2.24) is 0 Å². The van der Waals surface area contributed by atoms with Gasteiger partial charge in [-0.2, -0.15) is 0 Å². The van der Waals surface area contributed by atoms with Crippen molar-refractivity contribution in [1.29, 1.82) is 0 Å². The fraction of sp³-hybridized carbons (Fsp3) is 0.500. The van der Waals surface area contributed by atoms with E-state index in [0.717, 1.165) is 22.6 Å². The molecule has 0 radical (unpaired) electrons. The van der Waals surface area contributed by atoms with E-state index in [1.54, 1.807) is 0 Å². The van der Waals surface area contributed by atoms with E-state index in [0.29, 0.717) is 0 Å². The minimum Gasteiger partial charge on any atom is -0.386 e. The quantitative estimate of drug-likeness (QED) is 0.870. The third-order valence-corrected chi connectivity index (χ3v) is 3.55. The number of nitrogens with one attached hydrogen (secondary N) is 2. The number of halogens is 1. The van der Waals surface area contributed by atoms with Gasteiger partial charge in [0.15, 0.2) is 0 Å². The number of hydrogen-bond donors (Lipinski definition) is 2. The molecule has 0 amide bonds. The Morgan fingerprint density at radius 2 is 2.13 bits per heavy atom. The summed E-state index contributed by atoms with van der Waals surface area (Å²) in [6.45, 7) is 1.11. The van der Waals surface area contributed by atoms with Gasteiger partial charge in [-0.05, 0) is 37.0 Å². The van der Waals surface area contributed by atoms with E-state index >= 15 is 0 Å². The van der Waals surface area contributed by atoms with E-state index in [-0.39, 0.29) is 0 Å². The van der Waals surface area contributed by atoms with Crippen LogP contribution in [0.2, 0.25) is 0 Å². The molecule has 1 aliphatic carbocycles. The van der Waals surface area contributed by atoms with Crippen LogP contribution in [0.4, 0.5) is 11.4 Å². The zero-order chi connectivity index (χ0) is 10.7. The summed E-state index contributed by atoms with van der Waals surface area (Å²) in [5.74, 6) is 0.887. The molecule has 1 fully saturated rings. The molecule has 2 rings (SSSR count). The molecule has 1 aliphatic rings. The topological polar surface area (TPSA) is 24.1 Å². The second kappa shape index (κ2) is 4.88. The Hall–Kier alpha value is -0.700. The van der Waals surface area contributed by atoms with Gasteiger partial charge in [0.05, 0.1) is 11.4 Å². The molecule has 0 aliphatic heterocycles. The van der Waals surface area contributed by atoms with E-state index in [1.165, 1.54) is 24.9 Å². The molecule has 82 valence electrons. The van der Waals surface area contributed by atoms with Crippen LogP contribution < -0.4 is 10.6 Å². The molecule has 0 saturated heterocycles. The minimum atomic E-state index is 0.887. The van der Waals surface area contributed by atoms with E-state index in [1.807, 2.05) is 7.05 Å². The number of benzene rings is 1. The molecule has 0 unspecified atom stereocenters. The first-order valence-electron chi connectivity index (χ1n) is 5.51. The van der Waals surface area contributed by atoms with Gasteiger partial charge in [-0.25, -0.2) is 0 Å². The van der Waals surface area contributed by atoms with Crippen molar-refractivity contribution < 1.29 is 0 Å². The largest absolute Gasteiger partial charge is 0.386 e. The van der Waals surface area contributed by atoms with Crippen LogP contribution in [0, 0.1) is 5.92 Å². The molecule has 1 aromatic rings. The second-order valence-corrected chi connectivity index (χ2v) is 5.03. The third-order valence-electron chi connectivity index (χ3n) is 3.06. The fourth-order valence-electron chi connectivity index (χ4n) is 1.83. The summed E-state index contributed by atoms with van der Waals surface area (Å²) in [5, 5.41) is 6.71. The van der Waals surface area contributed by atoms with Crippen molar-refractivity contribution in [3.8, 4) is 0 Å². The molecule has 2 nitrogen and oxygen atoms in total. The van der Waals surface area contributed by atoms with Crippen LogP contribution in [0.5, 0.6) is 0 Å². The molecule has 15 heavy (non-hydrogen) atoms. The van der Waals surface area contributed by atoms with E-state index in [4.69, 9.17) is 0 Å². The van der Waals surface area contributed by atoms with Gasteiger partial charge in [0.1, 0.15) is 0 Å². The Kier molecular flexibility index (Phi) is 3.52. The highest BCUT2D eigenvalue weighted by molar-refractivity contribution is 9.10. The summed E-state index contributed by atoms with van der Waals surface area (Å²) in [5.41, 5.74) is 2.36. The fourth-order valence-corrected chi connectivity index (χ4v) is 2.19. The van der Waals surface area contributed by atoms with Crippen molar-refractivity contribution in [2.45, 2.75) is 19.3 Å². The summed E-state index contributed by atoms with van der Waals surface area (Å²) >= 11 is 3.47. The number of anilines is 2. The molecule has 0 heterocycles. The van der Waals surface area contributed by atoms with E-state index < -0.39 is 0 Å². The highest BCUT2D eigenvalue weighted by atomic mass is 79.9. The first-order chi connectivity index (χ1) is 7.29. The maximum atomic E-state index is 3.51. The second-order valence-electron chi connectivity index (χ2n) is 4.12. The molecule has 1 saturated carbocycles. The van der Waals surface area contributed by atoms with Gasteiger partial charge in [-0.3, -0.25) is 0 Å². The zero-order valence-corrected chi connectivity index (χ0v) is 10.6. The lowest BCUT2D eigenvalue weighted by Crippen LogP contribution is -2.21. The van der Waals surface area contributed by atoms with Crippen molar-refractivity contribution in [2.24, 2.45) is 5.92 Å². The Bertz CT molecular complexity index is 334. The molecule has 0 bridgehead atoms. The third kappa shape index (κ3) is 2.65. The molecular formula is C12H17BrN2. The number of rotatable bonds is 4. The summed E-state index contributed by atoms with van der Waals surface area (Å²) in [4.78, 5) is 0. The van der Waals surface area contributed by atoms with Crippen molar-refractivity contribution >= 4 is 27.3 Å². The predicted molar refractivity (Wildman–Crippen MR) is 69.5 cm³/mol. The van der Waals surface area contributed by atoms with Crippen LogP contribution in [0.1, 0.15) is 19.3 Å². The summed E-state index contributed by atoms with van der Waals surface area (Å²) in [6.07, 6.45) is 4.18. The molecule has 3 heteroatoms. The first-order valence-corrected chi connectivity index (χ1v) is 6.30. The van der Waals surface area contributed by atoms with Crippen molar-refractivity contribution in [3.05, 3.63) is 22.7 Å². The van der Waals surface area contributed by atoms with Crippen LogP contribution in [0.25, 0.3) is 0 Å². The summed E-state index contributed by atoms with van der Waals surface area (Å²) in [7, 11) is 1.95. The van der Waals surface area contributed by atoms with Crippen LogP contribution in [0.3, 0.4) is 0 Å². The van der Waals surface area contributed by atoms with Gasteiger partial charge in [-0.15, -0.1) is 0 Å². The molecular weight excluding hydrogens is 252 g/mol. The predicted octanol–water partition coefficient (Wildman–Crippen LogP) is 3.70. The van der Waals surface area contributed by atoms with Gasteiger partial charge in [0.25, 0.3) is 0 Å². The maximum Gasteiger partial charge on any atom is 0.0584 e. The van der Waals surface area contributed by atoms with Crippen LogP contribution in [-0.2, 0) is 0 Å². The highest BCUT2D eigenvalue weighted by Crippen LogP contribution is 2.29. The minimum absolute atomic E-state index is 0.887. The first kappa shape index (κ1) is 10.8. The van der Waals surface area contributed by atoms with Gasteiger partial charge in [0, 0.05) is 18.1 Å². The monoisotopic (exact) mass is 268 g/mol. The van der Waals surface area contributed by atoms with Crippen LogP contribution in [0.15, 0.2) is 22.7 Å². The smallest absolute Gasteiger partial charge is 0.0584 e.